The van der Waals surface area contributed by atoms with Gasteiger partial charge in [0.25, 0.3) is 23.6 Å². The van der Waals surface area contributed by atoms with Crippen LogP contribution < -0.4 is 95.9 Å². The first-order chi connectivity index (χ1) is 39.8. The van der Waals surface area contributed by atoms with E-state index in [-0.39, 0.29) is 100 Å². The minimum Gasteiger partial charge on any atom is -0.496 e. The number of rotatable bonds is 35. The van der Waals surface area contributed by atoms with Gasteiger partial charge < -0.3 is 95.9 Å². The lowest BCUT2D eigenvalue weighted by Gasteiger charge is -2.22. The number of carbonyl (C=O) groups is 9. The van der Waals surface area contributed by atoms with Crippen molar-refractivity contribution in [2.75, 3.05) is 75.9 Å². The minimum atomic E-state index is -1.24. The highest BCUT2D eigenvalue weighted by Crippen LogP contribution is 2.28. The van der Waals surface area contributed by atoms with Gasteiger partial charge in [-0.1, -0.05) is 6.42 Å². The average Bonchev–Trinajstić information content (AvgIpc) is 3.48. The Hall–Kier alpha value is -9.05. The van der Waals surface area contributed by atoms with Crippen LogP contribution in [0.25, 0.3) is 0 Å². The van der Waals surface area contributed by atoms with Crippen LogP contribution in [0.3, 0.4) is 0 Å². The van der Waals surface area contributed by atoms with Gasteiger partial charge in [-0.25, -0.2) is 4.79 Å². The number of nitrogens with two attached hydrogens (primary N) is 6. The molecule has 0 unspecified atom stereocenters. The molecule has 83 heavy (non-hydrogen) atoms. The third kappa shape index (κ3) is 20.8. The van der Waals surface area contributed by atoms with Crippen LogP contribution in [0.15, 0.2) is 72.8 Å². The summed E-state index contributed by atoms with van der Waals surface area (Å²) in [5.74, 6) is -5.06. The third-order valence-electron chi connectivity index (χ3n) is 12.9. The first kappa shape index (κ1) is 66.5. The topological polar surface area (TPSA) is 443 Å². The fourth-order valence-electron chi connectivity index (χ4n) is 8.45. The van der Waals surface area contributed by atoms with Crippen molar-refractivity contribution in [2.24, 2.45) is 34.4 Å². The van der Waals surface area contributed by atoms with E-state index in [4.69, 9.17) is 53.3 Å². The summed E-state index contributed by atoms with van der Waals surface area (Å²) in [5, 5.41) is 21.5. The van der Waals surface area contributed by atoms with Crippen molar-refractivity contribution in [2.45, 2.75) is 94.8 Å². The van der Waals surface area contributed by atoms with Gasteiger partial charge in [0.1, 0.15) is 41.1 Å². The molecule has 27 heteroatoms. The van der Waals surface area contributed by atoms with E-state index in [9.17, 15) is 43.2 Å². The van der Waals surface area contributed by atoms with Gasteiger partial charge in [-0.2, -0.15) is 0 Å². The van der Waals surface area contributed by atoms with Crippen LogP contribution in [-0.2, 0) is 19.2 Å². The summed E-state index contributed by atoms with van der Waals surface area (Å²) in [6.07, 6.45) is 4.12. The molecule has 4 atom stereocenters. The van der Waals surface area contributed by atoms with Crippen LogP contribution >= 0.6 is 0 Å². The third-order valence-corrected chi connectivity index (χ3v) is 12.9. The maximum atomic E-state index is 14.2. The summed E-state index contributed by atoms with van der Waals surface area (Å²) in [6.45, 7) is 1.15. The van der Waals surface area contributed by atoms with Gasteiger partial charge in [0.2, 0.25) is 23.6 Å². The molecule has 0 spiro atoms. The molecule has 10 amide bonds. The molecule has 0 aromatic heterocycles. The molecule has 4 rings (SSSR count). The summed E-state index contributed by atoms with van der Waals surface area (Å²) in [7, 11) is 5.36. The Kier molecular flexibility index (Phi) is 27.5. The smallest absolute Gasteiger partial charge is 0.312 e. The van der Waals surface area contributed by atoms with E-state index in [1.165, 1.54) is 95.2 Å². The molecule has 0 fully saturated rings. The maximum Gasteiger partial charge on any atom is 0.312 e. The van der Waals surface area contributed by atoms with Gasteiger partial charge in [0.05, 0.1) is 56.7 Å². The number of benzene rings is 4. The quantitative estimate of drug-likeness (QED) is 0.0293. The van der Waals surface area contributed by atoms with Crippen molar-refractivity contribution in [3.05, 3.63) is 95.1 Å². The Labute approximate surface area is 481 Å². The van der Waals surface area contributed by atoms with Crippen LogP contribution in [0.2, 0.25) is 0 Å². The van der Waals surface area contributed by atoms with E-state index in [2.05, 4.69) is 42.5 Å². The molecule has 0 saturated heterocycles. The highest BCUT2D eigenvalue weighted by atomic mass is 16.5. The average molecular weight is 1160 g/mol. The van der Waals surface area contributed by atoms with E-state index >= 15 is 0 Å². The molecule has 4 aromatic rings. The normalized spacial score (nSPS) is 12.2. The first-order valence-corrected chi connectivity index (χ1v) is 26.9. The number of amides is 10. The lowest BCUT2D eigenvalue weighted by atomic mass is 10.1. The molecule has 0 aliphatic heterocycles. The van der Waals surface area contributed by atoms with Crippen LogP contribution in [0.5, 0.6) is 23.0 Å². The van der Waals surface area contributed by atoms with Gasteiger partial charge >= 0.3 is 6.03 Å². The van der Waals surface area contributed by atoms with Crippen molar-refractivity contribution in [3.8, 4) is 23.0 Å². The number of hydrogen-bond acceptors (Lipinski definition) is 17. The van der Waals surface area contributed by atoms with Crippen LogP contribution in [0.4, 0.5) is 27.5 Å². The molecule has 0 radical (unpaired) electrons. The van der Waals surface area contributed by atoms with Gasteiger partial charge in [-0.3, -0.25) is 38.4 Å². The number of ether oxygens (including phenoxy) is 4. The summed E-state index contributed by atoms with van der Waals surface area (Å²) >= 11 is 0. The van der Waals surface area contributed by atoms with E-state index < -0.39 is 77.5 Å². The number of methoxy groups -OCH3 is 4. The first-order valence-electron chi connectivity index (χ1n) is 26.9. The molecular weight excluding hydrogens is 1080 g/mol. The molecule has 0 heterocycles. The Bertz CT molecular complexity index is 2910. The maximum absolute atomic E-state index is 14.2. The lowest BCUT2D eigenvalue weighted by Crippen LogP contribution is -2.45. The molecule has 450 valence electrons. The second kappa shape index (κ2) is 34.3. The predicted molar refractivity (Wildman–Crippen MR) is 312 cm³/mol. The van der Waals surface area contributed by atoms with Crippen molar-refractivity contribution in [1.29, 1.82) is 0 Å². The lowest BCUT2D eigenvalue weighted by molar-refractivity contribution is -0.118. The zero-order valence-corrected chi connectivity index (χ0v) is 47.1. The van der Waals surface area contributed by atoms with Crippen LogP contribution in [-0.4, -0.2) is 132 Å². The van der Waals surface area contributed by atoms with Gasteiger partial charge in [0, 0.05) is 29.3 Å². The zero-order chi connectivity index (χ0) is 61.0. The number of primary amides is 2. The number of carbonyl (C=O) groups excluding carboxylic acids is 9. The van der Waals surface area contributed by atoms with Crippen LogP contribution in [0, 0.1) is 0 Å². The molecule has 4 aromatic carbocycles. The Morgan fingerprint density at radius 2 is 0.711 bits per heavy atom. The standard InChI is InChI=1S/C56H78N14O13/c1-80-44-20-16-32(28-36(44)48(61)71)65-55(78)43(15-11-27-63-56(62)79)70-51(74)39-31-35(19-23-47(39)83-4)67-54(77)42(14-7-10-26-59)69-50(73)38-30-34(18-22-46(38)82-3)66-53(76)41(13-6-9-25-58)68-49(72)37-29-33(17-21-45(37)81-2)64-52(75)40(60)12-5-8-24-57/h16-23,28-31,40-43H,5-15,24-27,57-60H2,1-4H3,(H2,61,71)(H,64,75)(H,65,78)(H,66,76)(H,67,77)(H,68,72)(H,69,73)(H,70,74)(H3,62,63,79)/t40-,41-,42-,43-/m0/s1. The summed E-state index contributed by atoms with van der Waals surface area (Å²) < 4.78 is 21.7. The van der Waals surface area contributed by atoms with E-state index in [1.54, 1.807) is 6.07 Å². The van der Waals surface area contributed by atoms with Crippen molar-refractivity contribution in [3.63, 3.8) is 0 Å². The Morgan fingerprint density at radius 3 is 1.02 bits per heavy atom. The number of anilines is 4. The summed E-state index contributed by atoms with van der Waals surface area (Å²) in [6, 6.07) is 12.0. The fourth-order valence-corrected chi connectivity index (χ4v) is 8.45. The number of hydrogen-bond donors (Lipinski definition) is 14. The highest BCUT2D eigenvalue weighted by molar-refractivity contribution is 6.07. The Morgan fingerprint density at radius 1 is 0.410 bits per heavy atom. The van der Waals surface area contributed by atoms with Crippen LogP contribution in [0.1, 0.15) is 112 Å². The minimum absolute atomic E-state index is 0.00299. The molecule has 0 saturated carbocycles. The van der Waals surface area contributed by atoms with Crippen molar-refractivity contribution in [1.82, 2.24) is 21.3 Å². The predicted octanol–water partition coefficient (Wildman–Crippen LogP) is 2.13. The molecule has 20 N–H and O–H groups in total. The van der Waals surface area contributed by atoms with Crippen molar-refractivity contribution < 1.29 is 62.1 Å². The zero-order valence-electron chi connectivity index (χ0n) is 47.1. The van der Waals surface area contributed by atoms with E-state index in [0.717, 1.165) is 0 Å². The second-order valence-corrected chi connectivity index (χ2v) is 19.0. The van der Waals surface area contributed by atoms with E-state index in [0.29, 0.717) is 64.6 Å². The van der Waals surface area contributed by atoms with Gasteiger partial charge in [-0.15, -0.1) is 0 Å². The largest absolute Gasteiger partial charge is 0.496 e. The Balaban J connectivity index is 1.56. The monoisotopic (exact) mass is 1150 g/mol. The van der Waals surface area contributed by atoms with E-state index in [1.807, 2.05) is 0 Å². The molecular formula is C56H78N14O13. The number of nitrogens with one attached hydrogen (secondary N) is 8. The highest BCUT2D eigenvalue weighted by Gasteiger charge is 2.29. The number of urea groups is 1. The summed E-state index contributed by atoms with van der Waals surface area (Å²) in [5.41, 5.74) is 34.5. The molecule has 0 bridgehead atoms. The van der Waals surface area contributed by atoms with Crippen molar-refractivity contribution >= 4 is 76.0 Å². The van der Waals surface area contributed by atoms with Gasteiger partial charge in [-0.05, 0) is 157 Å². The second-order valence-electron chi connectivity index (χ2n) is 19.0. The molecule has 0 aliphatic carbocycles. The molecule has 27 nitrogen and oxygen atoms in total. The SMILES string of the molecule is COc1ccc(NC(=O)[C@H](CCCNC(N)=O)NC(=O)c2cc(NC(=O)[C@H](CCCCN)NC(=O)c3cc(NC(=O)[C@H](CCCCN)NC(=O)c4cc(NC(=O)[C@@H](N)CCCCN)ccc4OC)ccc3OC)ccc2OC)cc1C(N)=O. The van der Waals surface area contributed by atoms with Gasteiger partial charge in [0.15, 0.2) is 0 Å². The molecule has 0 aliphatic rings. The number of unbranched alkanes of at least 4 members (excludes halogenated alkanes) is 3. The summed E-state index contributed by atoms with van der Waals surface area (Å²) in [4.78, 5) is 121. The fraction of sp³-hybridized carbons (Fsp3) is 0.411.